The van der Waals surface area contributed by atoms with Crippen molar-refractivity contribution in [1.29, 1.82) is 0 Å². The Morgan fingerprint density at radius 2 is 2.03 bits per heavy atom. The second kappa shape index (κ2) is 9.47. The molecule has 2 aliphatic rings. The van der Waals surface area contributed by atoms with Crippen molar-refractivity contribution in [3.8, 4) is 17.6 Å². The van der Waals surface area contributed by atoms with E-state index in [1.807, 2.05) is 0 Å². The molecule has 1 aliphatic heterocycles. The first-order chi connectivity index (χ1) is 17.3. The zero-order chi connectivity index (χ0) is 25.3. The highest BCUT2D eigenvalue weighted by Crippen LogP contribution is 2.33. The summed E-state index contributed by atoms with van der Waals surface area (Å²) in [5, 5.41) is 17.2. The number of nitrogens with one attached hydrogen (secondary N) is 1. The van der Waals surface area contributed by atoms with Gasteiger partial charge in [0, 0.05) is 25.2 Å². The van der Waals surface area contributed by atoms with Gasteiger partial charge >= 0.3 is 6.03 Å². The number of benzene rings is 2. The molecule has 36 heavy (non-hydrogen) atoms. The van der Waals surface area contributed by atoms with Crippen LogP contribution in [0.4, 0.5) is 14.9 Å². The Bertz CT molecular complexity index is 1370. The van der Waals surface area contributed by atoms with Crippen LogP contribution in [0.5, 0.6) is 5.75 Å². The molecule has 0 bridgehead atoms. The van der Waals surface area contributed by atoms with Gasteiger partial charge < -0.3 is 20.1 Å². The smallest absolute Gasteiger partial charge is 0.342 e. The fourth-order valence-corrected chi connectivity index (χ4v) is 4.10. The number of halogens is 1. The highest BCUT2D eigenvalue weighted by molar-refractivity contribution is 6.00. The molecule has 1 saturated carbocycles. The van der Waals surface area contributed by atoms with E-state index < -0.39 is 17.7 Å². The van der Waals surface area contributed by atoms with Crippen LogP contribution in [0.2, 0.25) is 0 Å². The molecule has 9 heteroatoms. The first-order valence-corrected chi connectivity index (χ1v) is 11.7. The van der Waals surface area contributed by atoms with E-state index in [-0.39, 0.29) is 18.3 Å². The van der Waals surface area contributed by atoms with Crippen LogP contribution < -0.4 is 15.0 Å². The summed E-state index contributed by atoms with van der Waals surface area (Å²) < 4.78 is 20.1. The lowest BCUT2D eigenvalue weighted by atomic mass is 9.81. The molecule has 1 fully saturated rings. The van der Waals surface area contributed by atoms with E-state index in [0.717, 1.165) is 16.7 Å². The summed E-state index contributed by atoms with van der Waals surface area (Å²) in [5.41, 5.74) is 1.76. The minimum absolute atomic E-state index is 0.0452. The molecule has 2 heterocycles. The molecule has 2 amide bonds. The third-order valence-corrected chi connectivity index (χ3v) is 6.42. The topological polar surface area (TPSA) is 96.7 Å². The number of nitrogens with zero attached hydrogens (tertiary/aromatic N) is 3. The molecule has 2 N–H and O–H groups in total. The van der Waals surface area contributed by atoms with E-state index in [0.29, 0.717) is 42.0 Å². The lowest BCUT2D eigenvalue weighted by Crippen LogP contribution is -2.50. The molecule has 0 spiro atoms. The van der Waals surface area contributed by atoms with Gasteiger partial charge in [-0.3, -0.25) is 4.79 Å². The number of aromatic nitrogens is 2. The van der Waals surface area contributed by atoms with Gasteiger partial charge in [-0.15, -0.1) is 0 Å². The Kier molecular flexibility index (Phi) is 6.20. The molecule has 8 nitrogen and oxygen atoms in total. The molecular weight excluding hydrogens is 463 g/mol. The number of hydrogen-bond donors (Lipinski definition) is 2. The van der Waals surface area contributed by atoms with Gasteiger partial charge in [0.1, 0.15) is 29.8 Å². The maximum atomic E-state index is 13.1. The van der Waals surface area contributed by atoms with Gasteiger partial charge in [0.15, 0.2) is 0 Å². The van der Waals surface area contributed by atoms with Crippen molar-refractivity contribution >= 4 is 17.6 Å². The summed E-state index contributed by atoms with van der Waals surface area (Å²) in [6.45, 7) is -0.0452. The summed E-state index contributed by atoms with van der Waals surface area (Å²) in [6.07, 6.45) is 4.24. The van der Waals surface area contributed by atoms with Gasteiger partial charge in [0.05, 0.1) is 11.4 Å². The van der Waals surface area contributed by atoms with Crippen LogP contribution in [-0.4, -0.2) is 52.1 Å². The number of carbonyl (C=O) groups is 2. The molecule has 0 saturated heterocycles. The van der Waals surface area contributed by atoms with Crippen LogP contribution in [-0.2, 0) is 11.2 Å². The highest BCUT2D eigenvalue weighted by Gasteiger charge is 2.33. The molecule has 5 rings (SSSR count). The van der Waals surface area contributed by atoms with Gasteiger partial charge in [-0.05, 0) is 61.2 Å². The Hall–Kier alpha value is -4.16. The SMILES string of the molecule is CN1C(=O)[C@@H](NC(=O)n2ccc(Cc3ccc(F)cc3)n2)COc2ccc(C#CC3(O)CCC3)cc21. The highest BCUT2D eigenvalue weighted by atomic mass is 19.1. The minimum atomic E-state index is -0.926. The van der Waals surface area contributed by atoms with E-state index >= 15 is 0 Å². The number of rotatable bonds is 3. The summed E-state index contributed by atoms with van der Waals surface area (Å²) in [6, 6.07) is 11.5. The lowest BCUT2D eigenvalue weighted by molar-refractivity contribution is -0.120. The normalized spacial score (nSPS) is 18.1. The zero-order valence-electron chi connectivity index (χ0n) is 19.7. The van der Waals surface area contributed by atoms with Crippen molar-refractivity contribution in [3.63, 3.8) is 0 Å². The van der Waals surface area contributed by atoms with E-state index in [4.69, 9.17) is 4.74 Å². The largest absolute Gasteiger partial charge is 0.489 e. The van der Waals surface area contributed by atoms with E-state index in [1.165, 1.54) is 23.2 Å². The van der Waals surface area contributed by atoms with E-state index in [2.05, 4.69) is 22.3 Å². The molecule has 0 radical (unpaired) electrons. The number of carbonyl (C=O) groups excluding carboxylic acids is 2. The Morgan fingerprint density at radius 3 is 2.75 bits per heavy atom. The van der Waals surface area contributed by atoms with Crippen molar-refractivity contribution in [2.45, 2.75) is 37.3 Å². The molecular formula is C27H25FN4O4. The van der Waals surface area contributed by atoms with Gasteiger partial charge in [0.2, 0.25) is 0 Å². The molecule has 1 aliphatic carbocycles. The predicted molar refractivity (Wildman–Crippen MR) is 130 cm³/mol. The van der Waals surface area contributed by atoms with Crippen LogP contribution >= 0.6 is 0 Å². The van der Waals surface area contributed by atoms with Gasteiger partial charge in [-0.1, -0.05) is 24.0 Å². The van der Waals surface area contributed by atoms with Crippen molar-refractivity contribution in [3.05, 3.63) is 77.4 Å². The zero-order valence-corrected chi connectivity index (χ0v) is 19.7. The van der Waals surface area contributed by atoms with Crippen molar-refractivity contribution in [2.24, 2.45) is 0 Å². The van der Waals surface area contributed by atoms with Crippen LogP contribution in [0.1, 0.15) is 36.1 Å². The fourth-order valence-electron chi connectivity index (χ4n) is 4.10. The molecule has 184 valence electrons. The maximum absolute atomic E-state index is 13.1. The molecule has 3 aromatic rings. The summed E-state index contributed by atoms with van der Waals surface area (Å²) in [4.78, 5) is 27.4. The van der Waals surface area contributed by atoms with Crippen LogP contribution in [0.3, 0.4) is 0 Å². The molecule has 0 unspecified atom stereocenters. The number of ether oxygens (including phenoxy) is 1. The number of aliphatic hydroxyl groups is 1. The molecule has 2 aromatic carbocycles. The van der Waals surface area contributed by atoms with Crippen molar-refractivity contribution < 1.29 is 23.8 Å². The van der Waals surface area contributed by atoms with Gasteiger partial charge in [-0.2, -0.15) is 9.78 Å². The number of anilines is 1. The first kappa shape index (κ1) is 23.6. The third kappa shape index (κ3) is 4.95. The van der Waals surface area contributed by atoms with Gasteiger partial charge in [0.25, 0.3) is 5.91 Å². The molecule has 1 atom stereocenters. The van der Waals surface area contributed by atoms with Gasteiger partial charge in [-0.25, -0.2) is 9.18 Å². The number of fused-ring (bicyclic) bond motifs is 1. The minimum Gasteiger partial charge on any atom is -0.489 e. The second-order valence-electron chi connectivity index (χ2n) is 9.08. The summed E-state index contributed by atoms with van der Waals surface area (Å²) in [7, 11) is 1.61. The Morgan fingerprint density at radius 1 is 1.25 bits per heavy atom. The average Bonchev–Trinajstić information content (AvgIpc) is 3.29. The van der Waals surface area contributed by atoms with Crippen LogP contribution in [0.25, 0.3) is 0 Å². The quantitative estimate of drug-likeness (QED) is 0.553. The Labute approximate surface area is 207 Å². The molecule has 1 aromatic heterocycles. The fraction of sp³-hybridized carbons (Fsp3) is 0.296. The van der Waals surface area contributed by atoms with E-state index in [9.17, 15) is 19.1 Å². The number of hydrogen-bond acceptors (Lipinski definition) is 5. The lowest BCUT2D eigenvalue weighted by Gasteiger charge is -2.30. The Balaban J connectivity index is 1.26. The predicted octanol–water partition coefficient (Wildman–Crippen LogP) is 2.86. The van der Waals surface area contributed by atoms with E-state index in [1.54, 1.807) is 43.4 Å². The number of amides is 2. The third-order valence-electron chi connectivity index (χ3n) is 6.42. The maximum Gasteiger partial charge on any atom is 0.342 e. The summed E-state index contributed by atoms with van der Waals surface area (Å²) >= 11 is 0. The van der Waals surface area contributed by atoms with Crippen LogP contribution in [0, 0.1) is 17.7 Å². The average molecular weight is 489 g/mol. The first-order valence-electron chi connectivity index (χ1n) is 11.7. The number of likely N-dealkylation sites (N-methyl/N-ethyl adjacent to an activating group) is 1. The monoisotopic (exact) mass is 488 g/mol. The standard InChI is InChI=1S/C27H25FN4O4/c1-31-23-16-19(9-13-27(35)11-2-12-27)5-8-24(23)36-17-22(25(31)33)29-26(34)32-14-10-21(30-32)15-18-3-6-20(28)7-4-18/h3-8,10,14,16,22,35H,2,11-12,15,17H2,1H3,(H,29,34)/t22-/m0/s1. The van der Waals surface area contributed by atoms with Crippen LogP contribution in [0.15, 0.2) is 54.7 Å². The second-order valence-corrected chi connectivity index (χ2v) is 9.08. The van der Waals surface area contributed by atoms with Crippen molar-refractivity contribution in [2.75, 3.05) is 18.6 Å². The summed E-state index contributed by atoms with van der Waals surface area (Å²) in [5.74, 6) is 5.73. The van der Waals surface area contributed by atoms with Crippen molar-refractivity contribution in [1.82, 2.24) is 15.1 Å².